The molecule has 0 aliphatic carbocycles. The maximum atomic E-state index is 7.23. The largest absolute Gasteiger partial charge is 0.309 e. The average molecular weight is 1170 g/mol. The van der Waals surface area contributed by atoms with Crippen LogP contribution in [0.4, 0.5) is 0 Å². The molecule has 77 heavy (non-hydrogen) atoms. The minimum atomic E-state index is -2.09. The third kappa shape index (κ3) is 10.2. The SMILES string of the molecule is Cc1cc(-c2[c-]cccc2)ncc1-c1ccccc1.[2H]C([2H])([2H])c1ccc(-c2[c-]cccc2)nc1.[Ir].c1ccc(-c2nc(-c3ccccc3)nc(-n3c4ccccc4c4ccc5c(c6ccccc6n5-c5ccccc5)c43)n2)cc1. The number of nitrogens with zero attached hydrogens (tertiary/aromatic N) is 7. The maximum Gasteiger partial charge on any atom is 0.238 e. The van der Waals surface area contributed by atoms with Gasteiger partial charge in [-0.3, -0.25) is 4.57 Å². The molecule has 0 amide bonds. The molecule has 0 bridgehead atoms. The third-order valence-electron chi connectivity index (χ3n) is 13.3. The van der Waals surface area contributed by atoms with Crippen molar-refractivity contribution in [3.8, 4) is 68.1 Å². The monoisotopic (exact) mass is 1170 g/mol. The van der Waals surface area contributed by atoms with Crippen LogP contribution in [0, 0.1) is 25.9 Å². The Labute approximate surface area is 465 Å². The van der Waals surface area contributed by atoms with E-state index in [9.17, 15) is 0 Å². The van der Waals surface area contributed by atoms with E-state index >= 15 is 0 Å². The summed E-state index contributed by atoms with van der Waals surface area (Å²) in [5.41, 5.74) is 14.9. The summed E-state index contributed by atoms with van der Waals surface area (Å²) in [4.78, 5) is 24.0. The van der Waals surface area contributed by atoms with Crippen LogP contribution in [0.3, 0.4) is 0 Å². The smallest absolute Gasteiger partial charge is 0.238 e. The number of pyridine rings is 2. The van der Waals surface area contributed by atoms with Gasteiger partial charge in [0.1, 0.15) is 0 Å². The summed E-state index contributed by atoms with van der Waals surface area (Å²) in [5.74, 6) is 1.87. The van der Waals surface area contributed by atoms with Crippen LogP contribution in [0.1, 0.15) is 15.2 Å². The van der Waals surface area contributed by atoms with Gasteiger partial charge in [-0.25, -0.2) is 4.98 Å². The van der Waals surface area contributed by atoms with Gasteiger partial charge in [-0.1, -0.05) is 170 Å². The first-order valence-corrected chi connectivity index (χ1v) is 25.1. The molecule has 0 spiro atoms. The first-order chi connectivity index (χ1) is 38.8. The minimum Gasteiger partial charge on any atom is -0.309 e. The van der Waals surface area contributed by atoms with Crippen molar-refractivity contribution in [1.82, 2.24) is 34.1 Å². The number of benzene rings is 9. The average Bonchev–Trinajstić information content (AvgIpc) is 4.16. The molecule has 5 aromatic heterocycles. The molecule has 14 aromatic rings. The summed E-state index contributed by atoms with van der Waals surface area (Å²) in [5, 5.41) is 4.67. The molecule has 0 unspecified atom stereocenters. The maximum absolute atomic E-state index is 7.23. The summed E-state index contributed by atoms with van der Waals surface area (Å²) in [7, 11) is 0. The zero-order valence-corrected chi connectivity index (χ0v) is 44.2. The van der Waals surface area contributed by atoms with Gasteiger partial charge < -0.3 is 14.5 Å². The molecule has 0 saturated carbocycles. The van der Waals surface area contributed by atoms with Crippen molar-refractivity contribution in [3.05, 3.63) is 284 Å². The van der Waals surface area contributed by atoms with Crippen LogP contribution in [-0.4, -0.2) is 34.1 Å². The van der Waals surface area contributed by atoms with E-state index in [1.54, 1.807) is 18.2 Å². The molecule has 0 N–H and O–H groups in total. The van der Waals surface area contributed by atoms with E-state index in [0.29, 0.717) is 17.6 Å². The van der Waals surface area contributed by atoms with E-state index in [0.717, 1.165) is 72.2 Å². The summed E-state index contributed by atoms with van der Waals surface area (Å²) in [6.45, 7) is 0.0301. The molecular formula is C69H49IrN7-2. The van der Waals surface area contributed by atoms with Crippen molar-refractivity contribution in [2.75, 3.05) is 0 Å². The van der Waals surface area contributed by atoms with Gasteiger partial charge in [0, 0.05) is 80.5 Å². The molecule has 8 heteroatoms. The molecule has 0 saturated heterocycles. The molecule has 371 valence electrons. The van der Waals surface area contributed by atoms with Crippen molar-refractivity contribution >= 4 is 43.6 Å². The minimum absolute atomic E-state index is 0. The number of fused-ring (bicyclic) bond motifs is 7. The molecule has 7 nitrogen and oxygen atoms in total. The molecule has 1 radical (unpaired) electrons. The molecule has 0 aliphatic heterocycles. The van der Waals surface area contributed by atoms with Crippen LogP contribution in [0.5, 0.6) is 0 Å². The second kappa shape index (κ2) is 22.6. The normalized spacial score (nSPS) is 11.6. The van der Waals surface area contributed by atoms with E-state index < -0.39 is 6.85 Å². The standard InChI is InChI=1S/C39H25N5.C18H14N.C12H10N.Ir/c1-4-14-26(15-5-1)37-40-38(27-16-6-2-7-17-27)42-39(41-37)44-32-22-12-10-20-29(32)30-24-25-34-35(36(30)44)31-21-11-13-23-33(31)43(34)28-18-8-3-9-19-28;1-14-12-18(16-10-6-3-7-11-16)19-13-17(14)15-8-4-2-5-9-15;1-10-7-8-12(13-9-10)11-5-3-2-4-6-11;/h1-25H;2-10,12-13H,1H3;2-5,7-9H,1H3;/q;2*-1;/i;;1D3;. The van der Waals surface area contributed by atoms with Crippen LogP contribution < -0.4 is 0 Å². The summed E-state index contributed by atoms with van der Waals surface area (Å²) >= 11 is 0. The van der Waals surface area contributed by atoms with Gasteiger partial charge in [-0.15, -0.1) is 71.8 Å². The number of hydrogen-bond acceptors (Lipinski definition) is 5. The number of rotatable bonds is 7. The van der Waals surface area contributed by atoms with Crippen LogP contribution in [0.15, 0.2) is 261 Å². The topological polar surface area (TPSA) is 74.3 Å². The first-order valence-electron chi connectivity index (χ1n) is 26.6. The van der Waals surface area contributed by atoms with E-state index in [1.165, 1.54) is 33.7 Å². The van der Waals surface area contributed by atoms with Gasteiger partial charge in [0.15, 0.2) is 11.6 Å². The fourth-order valence-corrected chi connectivity index (χ4v) is 9.75. The van der Waals surface area contributed by atoms with Crippen LogP contribution in [-0.2, 0) is 20.1 Å². The van der Waals surface area contributed by atoms with Gasteiger partial charge in [-0.05, 0) is 72.2 Å². The van der Waals surface area contributed by atoms with E-state index in [1.807, 2.05) is 128 Å². The van der Waals surface area contributed by atoms with Crippen LogP contribution in [0.2, 0.25) is 0 Å². The first kappa shape index (κ1) is 46.1. The number of para-hydroxylation sites is 3. The summed E-state index contributed by atoms with van der Waals surface area (Å²) < 4.78 is 26.3. The van der Waals surface area contributed by atoms with E-state index in [4.69, 9.17) is 19.1 Å². The Morgan fingerprint density at radius 1 is 0.429 bits per heavy atom. The van der Waals surface area contributed by atoms with Crippen molar-refractivity contribution in [2.45, 2.75) is 13.8 Å². The predicted molar refractivity (Wildman–Crippen MR) is 311 cm³/mol. The van der Waals surface area contributed by atoms with Gasteiger partial charge in [0.25, 0.3) is 0 Å². The number of aryl methyl sites for hydroxylation is 2. The van der Waals surface area contributed by atoms with Gasteiger partial charge in [0.2, 0.25) is 5.95 Å². The predicted octanol–water partition coefficient (Wildman–Crippen LogP) is 16.8. The molecule has 9 aromatic carbocycles. The Kier molecular flexibility index (Phi) is 13.5. The zero-order valence-electron chi connectivity index (χ0n) is 44.8. The third-order valence-corrected chi connectivity index (χ3v) is 13.3. The van der Waals surface area contributed by atoms with Gasteiger partial charge in [0.05, 0.1) is 22.1 Å². The van der Waals surface area contributed by atoms with Crippen molar-refractivity contribution in [3.63, 3.8) is 0 Å². The second-order valence-corrected chi connectivity index (χ2v) is 18.1. The molecular weight excluding hydrogens is 1120 g/mol. The quantitative estimate of drug-likeness (QED) is 0.149. The molecule has 14 rings (SSSR count). The Hall–Kier alpha value is -9.46. The molecule has 5 heterocycles. The summed E-state index contributed by atoms with van der Waals surface area (Å²) in [6, 6.07) is 89.9. The number of aromatic nitrogens is 7. The van der Waals surface area contributed by atoms with Gasteiger partial charge >= 0.3 is 0 Å². The molecule has 0 aliphatic rings. The Morgan fingerprint density at radius 2 is 0.961 bits per heavy atom. The van der Waals surface area contributed by atoms with Crippen molar-refractivity contribution in [1.29, 1.82) is 0 Å². The van der Waals surface area contributed by atoms with Gasteiger partial charge in [-0.2, -0.15) is 9.97 Å². The van der Waals surface area contributed by atoms with Crippen LogP contribution in [0.25, 0.3) is 112 Å². The van der Waals surface area contributed by atoms with Crippen molar-refractivity contribution in [2.24, 2.45) is 0 Å². The Bertz CT molecular complexity index is 4330. The fraction of sp³-hybridized carbons (Fsp3) is 0.0290. The van der Waals surface area contributed by atoms with E-state index in [2.05, 4.69) is 147 Å². The number of hydrogen-bond donors (Lipinski definition) is 0. The second-order valence-electron chi connectivity index (χ2n) is 18.1. The Morgan fingerprint density at radius 3 is 1.53 bits per heavy atom. The summed E-state index contributed by atoms with van der Waals surface area (Å²) in [6.07, 6.45) is 3.34. The Balaban J connectivity index is 0.000000154. The fourth-order valence-electron chi connectivity index (χ4n) is 9.75. The molecule has 0 fully saturated rings. The van der Waals surface area contributed by atoms with Crippen LogP contribution >= 0.6 is 0 Å². The zero-order chi connectivity index (χ0) is 53.7. The van der Waals surface area contributed by atoms with Crippen molar-refractivity contribution < 1.29 is 24.2 Å². The van der Waals surface area contributed by atoms with E-state index in [-0.39, 0.29) is 25.7 Å². The molecule has 0 atom stereocenters.